The van der Waals surface area contributed by atoms with E-state index in [2.05, 4.69) is 10.6 Å². The van der Waals surface area contributed by atoms with Gasteiger partial charge in [-0.25, -0.2) is 4.39 Å². The van der Waals surface area contributed by atoms with Gasteiger partial charge in [0.2, 0.25) is 11.8 Å². The zero-order chi connectivity index (χ0) is 24.6. The Morgan fingerprint density at radius 1 is 1.00 bits per heavy atom. The number of benzene rings is 2. The highest BCUT2D eigenvalue weighted by molar-refractivity contribution is 6.04. The highest BCUT2D eigenvalue weighted by atomic mass is 19.1. The standard InChI is InChI=1S/C26H26FN3O5/c27-19-10-12-20(13-11-19)30(23(31)17-29-25(32)22-9-5-15-35-22)24(18-6-2-1-3-7-18)26(33)28-16-21-8-4-14-34-21/h1-3,5-7,9-13,15,21,24H,4,8,14,16-17H2,(H,28,33)(H,29,32)/t21-,24+/m0/s1. The van der Waals surface area contributed by atoms with E-state index in [1.165, 1.54) is 41.5 Å². The van der Waals surface area contributed by atoms with Gasteiger partial charge in [-0.15, -0.1) is 0 Å². The van der Waals surface area contributed by atoms with Gasteiger partial charge in [0.05, 0.1) is 18.9 Å². The highest BCUT2D eigenvalue weighted by Gasteiger charge is 2.33. The molecule has 4 rings (SSSR count). The van der Waals surface area contributed by atoms with Gasteiger partial charge in [0, 0.05) is 18.8 Å². The fourth-order valence-electron chi connectivity index (χ4n) is 3.94. The summed E-state index contributed by atoms with van der Waals surface area (Å²) in [6.07, 6.45) is 3.04. The summed E-state index contributed by atoms with van der Waals surface area (Å²) in [4.78, 5) is 40.5. The molecule has 0 saturated carbocycles. The Morgan fingerprint density at radius 2 is 1.77 bits per heavy atom. The molecule has 9 heteroatoms. The topological polar surface area (TPSA) is 101 Å². The van der Waals surface area contributed by atoms with Crippen molar-refractivity contribution in [2.24, 2.45) is 0 Å². The molecular weight excluding hydrogens is 453 g/mol. The number of halogens is 1. The van der Waals surface area contributed by atoms with Crippen LogP contribution in [-0.4, -0.2) is 43.5 Å². The molecule has 1 aliphatic heterocycles. The molecule has 182 valence electrons. The number of hydrogen-bond donors (Lipinski definition) is 2. The Hall–Kier alpha value is -3.98. The summed E-state index contributed by atoms with van der Waals surface area (Å²) in [6.45, 7) is 0.556. The molecule has 3 aromatic rings. The molecular formula is C26H26FN3O5. The minimum absolute atomic E-state index is 0.0556. The van der Waals surface area contributed by atoms with Gasteiger partial charge >= 0.3 is 0 Å². The summed E-state index contributed by atoms with van der Waals surface area (Å²) in [5.74, 6) is -1.97. The van der Waals surface area contributed by atoms with Gasteiger partial charge in [0.1, 0.15) is 11.9 Å². The largest absolute Gasteiger partial charge is 0.459 e. The second-order valence-electron chi connectivity index (χ2n) is 8.09. The molecule has 2 heterocycles. The summed E-state index contributed by atoms with van der Waals surface area (Å²) < 4.78 is 24.3. The van der Waals surface area contributed by atoms with Crippen molar-refractivity contribution in [3.8, 4) is 0 Å². The van der Waals surface area contributed by atoms with E-state index in [-0.39, 0.29) is 11.9 Å². The Balaban J connectivity index is 1.62. The van der Waals surface area contributed by atoms with Gasteiger partial charge in [-0.1, -0.05) is 30.3 Å². The van der Waals surface area contributed by atoms with Gasteiger partial charge in [0.25, 0.3) is 5.91 Å². The first-order valence-electron chi connectivity index (χ1n) is 11.4. The average Bonchev–Trinajstić information content (AvgIpc) is 3.60. The predicted octanol–water partition coefficient (Wildman–Crippen LogP) is 3.22. The first-order valence-corrected chi connectivity index (χ1v) is 11.4. The molecule has 2 atom stereocenters. The van der Waals surface area contributed by atoms with Crippen LogP contribution in [0, 0.1) is 5.82 Å². The van der Waals surface area contributed by atoms with Crippen LogP contribution in [0.3, 0.4) is 0 Å². The Kier molecular flexibility index (Phi) is 7.89. The van der Waals surface area contributed by atoms with Crippen molar-refractivity contribution in [2.75, 3.05) is 24.6 Å². The summed E-state index contributed by atoms with van der Waals surface area (Å²) >= 11 is 0. The monoisotopic (exact) mass is 479 g/mol. The van der Waals surface area contributed by atoms with Crippen LogP contribution in [0.5, 0.6) is 0 Å². The van der Waals surface area contributed by atoms with Crippen molar-refractivity contribution < 1.29 is 27.9 Å². The lowest BCUT2D eigenvalue weighted by Gasteiger charge is -2.32. The van der Waals surface area contributed by atoms with Crippen LogP contribution in [0.25, 0.3) is 0 Å². The van der Waals surface area contributed by atoms with Gasteiger partial charge in [-0.05, 0) is 54.8 Å². The number of carbonyl (C=O) groups is 3. The van der Waals surface area contributed by atoms with Crippen LogP contribution in [0.2, 0.25) is 0 Å². The molecule has 1 fully saturated rings. The Labute approximate surface area is 202 Å². The van der Waals surface area contributed by atoms with E-state index in [9.17, 15) is 18.8 Å². The predicted molar refractivity (Wildman–Crippen MR) is 126 cm³/mol. The third-order valence-electron chi connectivity index (χ3n) is 5.67. The summed E-state index contributed by atoms with van der Waals surface area (Å²) in [7, 11) is 0. The molecule has 3 amide bonds. The van der Waals surface area contributed by atoms with Gasteiger partial charge < -0.3 is 19.8 Å². The van der Waals surface area contributed by atoms with E-state index in [1.54, 1.807) is 36.4 Å². The van der Waals surface area contributed by atoms with Gasteiger partial charge in [-0.3, -0.25) is 19.3 Å². The minimum atomic E-state index is -1.06. The van der Waals surface area contributed by atoms with Crippen molar-refractivity contribution >= 4 is 23.4 Å². The van der Waals surface area contributed by atoms with Crippen LogP contribution in [0.1, 0.15) is 35.0 Å². The lowest BCUT2D eigenvalue weighted by Crippen LogP contribution is -2.48. The second-order valence-corrected chi connectivity index (χ2v) is 8.09. The van der Waals surface area contributed by atoms with Crippen LogP contribution >= 0.6 is 0 Å². The molecule has 1 aliphatic rings. The van der Waals surface area contributed by atoms with Crippen LogP contribution in [0.4, 0.5) is 10.1 Å². The number of furan rings is 1. The number of carbonyl (C=O) groups excluding carboxylic acids is 3. The summed E-state index contributed by atoms with van der Waals surface area (Å²) in [5, 5.41) is 5.41. The van der Waals surface area contributed by atoms with Crippen molar-refractivity contribution in [3.05, 3.63) is 90.1 Å². The molecule has 0 bridgehead atoms. The third kappa shape index (κ3) is 6.13. The maximum atomic E-state index is 13.7. The molecule has 1 saturated heterocycles. The van der Waals surface area contributed by atoms with E-state index >= 15 is 0 Å². The minimum Gasteiger partial charge on any atom is -0.459 e. The number of ether oxygens (including phenoxy) is 1. The quantitative estimate of drug-likeness (QED) is 0.491. The van der Waals surface area contributed by atoms with Crippen molar-refractivity contribution in [2.45, 2.75) is 25.0 Å². The molecule has 1 aromatic heterocycles. The maximum Gasteiger partial charge on any atom is 0.287 e. The molecule has 0 spiro atoms. The molecule has 0 radical (unpaired) electrons. The van der Waals surface area contributed by atoms with Gasteiger partial charge in [-0.2, -0.15) is 0 Å². The van der Waals surface area contributed by atoms with Crippen LogP contribution < -0.4 is 15.5 Å². The van der Waals surface area contributed by atoms with Crippen LogP contribution in [0.15, 0.2) is 77.4 Å². The van der Waals surface area contributed by atoms with Crippen molar-refractivity contribution in [1.29, 1.82) is 0 Å². The van der Waals surface area contributed by atoms with Gasteiger partial charge in [0.15, 0.2) is 5.76 Å². The Morgan fingerprint density at radius 3 is 2.43 bits per heavy atom. The molecule has 2 aromatic carbocycles. The number of hydrogen-bond acceptors (Lipinski definition) is 5. The molecule has 35 heavy (non-hydrogen) atoms. The molecule has 0 aliphatic carbocycles. The lowest BCUT2D eigenvalue weighted by molar-refractivity contribution is -0.126. The molecule has 2 N–H and O–H groups in total. The smallest absolute Gasteiger partial charge is 0.287 e. The summed E-state index contributed by atoms with van der Waals surface area (Å²) in [5.41, 5.74) is 0.872. The van der Waals surface area contributed by atoms with E-state index in [1.807, 2.05) is 0 Å². The van der Waals surface area contributed by atoms with E-state index in [0.717, 1.165) is 12.8 Å². The van der Waals surface area contributed by atoms with E-state index in [4.69, 9.17) is 9.15 Å². The highest BCUT2D eigenvalue weighted by Crippen LogP contribution is 2.28. The molecule has 8 nitrogen and oxygen atoms in total. The number of nitrogens with one attached hydrogen (secondary N) is 2. The number of amides is 3. The SMILES string of the molecule is O=C(NCC(=O)N(c1ccc(F)cc1)[C@@H](C(=O)NC[C@@H]1CCCO1)c1ccccc1)c1ccco1. The molecule has 0 unspecified atom stereocenters. The number of rotatable bonds is 9. The number of anilines is 1. The fourth-order valence-corrected chi connectivity index (χ4v) is 3.94. The van der Waals surface area contributed by atoms with E-state index < -0.39 is 36.1 Å². The third-order valence-corrected chi connectivity index (χ3v) is 5.67. The Bertz CT molecular complexity index is 1130. The first-order chi connectivity index (χ1) is 17.0. The second kappa shape index (κ2) is 11.4. The zero-order valence-corrected chi connectivity index (χ0v) is 19.0. The van der Waals surface area contributed by atoms with E-state index in [0.29, 0.717) is 24.4 Å². The fraction of sp³-hybridized carbons (Fsp3) is 0.269. The maximum absolute atomic E-state index is 13.7. The van der Waals surface area contributed by atoms with Crippen LogP contribution in [-0.2, 0) is 14.3 Å². The average molecular weight is 480 g/mol. The summed E-state index contributed by atoms with van der Waals surface area (Å²) in [6, 6.07) is 16.1. The van der Waals surface area contributed by atoms with Crippen molar-refractivity contribution in [3.63, 3.8) is 0 Å². The zero-order valence-electron chi connectivity index (χ0n) is 19.0. The lowest BCUT2D eigenvalue weighted by atomic mass is 10.0. The number of nitrogens with zero attached hydrogens (tertiary/aromatic N) is 1. The first kappa shape index (κ1) is 24.2. The van der Waals surface area contributed by atoms with Crippen molar-refractivity contribution in [1.82, 2.24) is 10.6 Å². The normalized spacial score (nSPS) is 15.9.